The third kappa shape index (κ3) is 4.42. The van der Waals surface area contributed by atoms with Crippen molar-refractivity contribution in [3.8, 4) is 5.69 Å². The van der Waals surface area contributed by atoms with Crippen LogP contribution in [0.2, 0.25) is 0 Å². The molecule has 1 aliphatic heterocycles. The molecule has 2 aromatic carbocycles. The molecule has 0 saturated carbocycles. The predicted molar refractivity (Wildman–Crippen MR) is 118 cm³/mol. The Kier molecular flexibility index (Phi) is 6.35. The third-order valence-corrected chi connectivity index (χ3v) is 5.98. The molecule has 6 nitrogen and oxygen atoms in total. The Morgan fingerprint density at radius 1 is 1.16 bits per heavy atom. The van der Waals surface area contributed by atoms with Crippen LogP contribution in [0.3, 0.4) is 0 Å². The molecule has 1 aromatic heterocycles. The van der Waals surface area contributed by atoms with Gasteiger partial charge in [0.2, 0.25) is 0 Å². The van der Waals surface area contributed by atoms with Gasteiger partial charge in [0.15, 0.2) is 0 Å². The normalized spacial score (nSPS) is 18.4. The predicted octanol–water partition coefficient (Wildman–Crippen LogP) is 4.04. The first kappa shape index (κ1) is 21.7. The number of imidazole rings is 1. The largest absolute Gasteiger partial charge is 0.466 e. The number of rotatable bonds is 6. The molecule has 0 aliphatic carbocycles. The summed E-state index contributed by atoms with van der Waals surface area (Å²) in [6.07, 6.45) is 6.60. The van der Waals surface area contributed by atoms with Crippen molar-refractivity contribution in [3.63, 3.8) is 0 Å². The molecule has 2 heterocycles. The smallest absolute Gasteiger partial charge is 0.314 e. The first-order chi connectivity index (χ1) is 15.5. The van der Waals surface area contributed by atoms with Crippen molar-refractivity contribution in [1.29, 1.82) is 0 Å². The second-order valence-corrected chi connectivity index (χ2v) is 8.12. The number of benzene rings is 2. The summed E-state index contributed by atoms with van der Waals surface area (Å²) in [4.78, 5) is 32.0. The van der Waals surface area contributed by atoms with E-state index in [0.29, 0.717) is 30.5 Å². The number of halogens is 1. The number of carbonyl (C=O) groups is 2. The van der Waals surface area contributed by atoms with Crippen molar-refractivity contribution in [2.75, 3.05) is 19.7 Å². The lowest BCUT2D eigenvalue weighted by Crippen LogP contribution is -2.51. The number of ether oxygens (including phenoxy) is 1. The van der Waals surface area contributed by atoms with Crippen LogP contribution >= 0.6 is 0 Å². The van der Waals surface area contributed by atoms with E-state index in [1.807, 2.05) is 22.9 Å². The average molecular weight is 435 g/mol. The zero-order chi connectivity index (χ0) is 22.6. The summed E-state index contributed by atoms with van der Waals surface area (Å²) >= 11 is 0. The van der Waals surface area contributed by atoms with Crippen LogP contribution in [-0.4, -0.2) is 46.0 Å². The van der Waals surface area contributed by atoms with Gasteiger partial charge in [-0.05, 0) is 62.1 Å². The van der Waals surface area contributed by atoms with Crippen LogP contribution in [0.25, 0.3) is 5.69 Å². The molecule has 7 heteroatoms. The standard InChI is InChI=1S/C25H26FN3O3/c1-2-32-24(31)25(16-20-6-3-4-7-22(20)26)12-5-14-28(17-25)23(30)19-8-10-21(11-9-19)29-15-13-27-18-29/h3-4,6-11,13,15,18H,2,5,12,14,16-17H2,1H3/t25-/m0/s1. The van der Waals surface area contributed by atoms with E-state index < -0.39 is 5.41 Å². The van der Waals surface area contributed by atoms with Crippen LogP contribution in [0.15, 0.2) is 67.3 Å². The van der Waals surface area contributed by atoms with E-state index >= 15 is 0 Å². The van der Waals surface area contributed by atoms with Gasteiger partial charge in [0.05, 0.1) is 18.3 Å². The zero-order valence-corrected chi connectivity index (χ0v) is 18.0. The van der Waals surface area contributed by atoms with E-state index in [-0.39, 0.29) is 37.3 Å². The van der Waals surface area contributed by atoms with Gasteiger partial charge in [0.1, 0.15) is 5.82 Å². The van der Waals surface area contributed by atoms with Gasteiger partial charge in [-0.3, -0.25) is 9.59 Å². The van der Waals surface area contributed by atoms with Crippen LogP contribution in [-0.2, 0) is 16.0 Å². The third-order valence-electron chi connectivity index (χ3n) is 5.98. The van der Waals surface area contributed by atoms with E-state index in [0.717, 1.165) is 5.69 Å². The highest BCUT2D eigenvalue weighted by Crippen LogP contribution is 2.36. The van der Waals surface area contributed by atoms with Gasteiger partial charge in [-0.1, -0.05) is 18.2 Å². The first-order valence-electron chi connectivity index (χ1n) is 10.8. The Balaban J connectivity index is 1.57. The fraction of sp³-hybridized carbons (Fsp3) is 0.320. The van der Waals surface area contributed by atoms with Crippen molar-refractivity contribution in [2.45, 2.75) is 26.2 Å². The average Bonchev–Trinajstić information content (AvgIpc) is 3.36. The second kappa shape index (κ2) is 9.34. The monoisotopic (exact) mass is 435 g/mol. The van der Waals surface area contributed by atoms with Gasteiger partial charge in [-0.15, -0.1) is 0 Å². The van der Waals surface area contributed by atoms with Gasteiger partial charge in [-0.25, -0.2) is 9.37 Å². The highest BCUT2D eigenvalue weighted by atomic mass is 19.1. The quantitative estimate of drug-likeness (QED) is 0.548. The molecule has 4 rings (SSSR count). The fourth-order valence-corrected chi connectivity index (χ4v) is 4.35. The maximum Gasteiger partial charge on any atom is 0.314 e. The molecule has 1 amide bonds. The van der Waals surface area contributed by atoms with Crippen molar-refractivity contribution < 1.29 is 18.7 Å². The number of esters is 1. The van der Waals surface area contributed by atoms with E-state index in [9.17, 15) is 14.0 Å². The molecule has 0 radical (unpaired) electrons. The molecule has 1 fully saturated rings. The second-order valence-electron chi connectivity index (χ2n) is 8.12. The molecule has 3 aromatic rings. The Morgan fingerprint density at radius 3 is 2.62 bits per heavy atom. The van der Waals surface area contributed by atoms with Crippen molar-refractivity contribution in [1.82, 2.24) is 14.5 Å². The van der Waals surface area contributed by atoms with Gasteiger partial charge < -0.3 is 14.2 Å². The van der Waals surface area contributed by atoms with Crippen molar-refractivity contribution >= 4 is 11.9 Å². The molecule has 0 unspecified atom stereocenters. The molecule has 32 heavy (non-hydrogen) atoms. The number of hydrogen-bond donors (Lipinski definition) is 0. The molecule has 0 spiro atoms. The van der Waals surface area contributed by atoms with Crippen LogP contribution in [0.5, 0.6) is 0 Å². The van der Waals surface area contributed by atoms with Crippen LogP contribution in [0.4, 0.5) is 4.39 Å². The summed E-state index contributed by atoms with van der Waals surface area (Å²) in [5.74, 6) is -0.880. The maximum atomic E-state index is 14.4. The Hall–Kier alpha value is -3.48. The van der Waals surface area contributed by atoms with Gasteiger partial charge >= 0.3 is 5.97 Å². The zero-order valence-electron chi connectivity index (χ0n) is 18.0. The lowest BCUT2D eigenvalue weighted by atomic mass is 9.74. The number of carbonyl (C=O) groups excluding carboxylic acids is 2. The van der Waals surface area contributed by atoms with Gasteiger partial charge in [0, 0.05) is 36.7 Å². The Labute approximate surface area is 186 Å². The molecule has 0 N–H and O–H groups in total. The molecular weight excluding hydrogens is 409 g/mol. The fourth-order valence-electron chi connectivity index (χ4n) is 4.35. The van der Waals surface area contributed by atoms with E-state index in [1.165, 1.54) is 6.07 Å². The summed E-state index contributed by atoms with van der Waals surface area (Å²) in [6, 6.07) is 13.7. The number of piperidine rings is 1. The number of nitrogens with zero attached hydrogens (tertiary/aromatic N) is 3. The first-order valence-corrected chi connectivity index (χ1v) is 10.8. The topological polar surface area (TPSA) is 64.4 Å². The van der Waals surface area contributed by atoms with E-state index in [4.69, 9.17) is 4.74 Å². The molecule has 0 bridgehead atoms. The molecule has 166 valence electrons. The number of amides is 1. The number of likely N-dealkylation sites (tertiary alicyclic amines) is 1. The van der Waals surface area contributed by atoms with E-state index in [1.54, 1.807) is 54.7 Å². The maximum absolute atomic E-state index is 14.4. The van der Waals surface area contributed by atoms with Crippen molar-refractivity contribution in [2.24, 2.45) is 5.41 Å². The molecule has 1 saturated heterocycles. The van der Waals surface area contributed by atoms with Crippen LogP contribution in [0.1, 0.15) is 35.7 Å². The number of hydrogen-bond acceptors (Lipinski definition) is 4. The molecule has 1 aliphatic rings. The summed E-state index contributed by atoms with van der Waals surface area (Å²) in [6.45, 7) is 2.73. The number of aromatic nitrogens is 2. The lowest BCUT2D eigenvalue weighted by molar-refractivity contribution is -0.158. The lowest BCUT2D eigenvalue weighted by Gasteiger charge is -2.41. The summed E-state index contributed by atoms with van der Waals surface area (Å²) in [5.41, 5.74) is 0.931. The van der Waals surface area contributed by atoms with Crippen LogP contribution < -0.4 is 0 Å². The van der Waals surface area contributed by atoms with Crippen molar-refractivity contribution in [3.05, 3.63) is 84.2 Å². The Bertz CT molecular complexity index is 1080. The highest BCUT2D eigenvalue weighted by molar-refractivity contribution is 5.95. The highest BCUT2D eigenvalue weighted by Gasteiger charge is 2.45. The minimum absolute atomic E-state index is 0.149. The minimum Gasteiger partial charge on any atom is -0.466 e. The summed E-state index contributed by atoms with van der Waals surface area (Å²) < 4.78 is 21.6. The summed E-state index contributed by atoms with van der Waals surface area (Å²) in [5, 5.41) is 0. The van der Waals surface area contributed by atoms with Crippen LogP contribution in [0, 0.1) is 11.2 Å². The molecule has 1 atom stereocenters. The minimum atomic E-state index is -0.969. The Morgan fingerprint density at radius 2 is 1.94 bits per heavy atom. The molecular formula is C25H26FN3O3. The van der Waals surface area contributed by atoms with E-state index in [2.05, 4.69) is 4.98 Å². The summed E-state index contributed by atoms with van der Waals surface area (Å²) in [7, 11) is 0. The van der Waals surface area contributed by atoms with Gasteiger partial charge in [0.25, 0.3) is 5.91 Å². The van der Waals surface area contributed by atoms with Gasteiger partial charge in [-0.2, -0.15) is 0 Å². The SMILES string of the molecule is CCOC(=O)[C@]1(Cc2ccccc2F)CCCN(C(=O)c2ccc(-n3ccnc3)cc2)C1.